The molecule has 0 aliphatic carbocycles. The van der Waals surface area contributed by atoms with Crippen molar-refractivity contribution in [1.29, 1.82) is 0 Å². The highest BCUT2D eigenvalue weighted by molar-refractivity contribution is 6.29. The lowest BCUT2D eigenvalue weighted by molar-refractivity contribution is 0.710. The van der Waals surface area contributed by atoms with Gasteiger partial charge < -0.3 is 10.6 Å². The topological polar surface area (TPSA) is 55.0 Å². The second-order valence-corrected chi connectivity index (χ2v) is 5.56. The first-order valence-corrected chi connectivity index (χ1v) is 7.14. The van der Waals surface area contributed by atoms with Crippen LogP contribution in [-0.4, -0.2) is 16.5 Å². The standard InChI is InChI=1S/C15H17ClN4/c1-10-4-2-5-11(8-10)12-6-3-7-20(12)14-9-13(16)18-15(17)19-14/h2,4-5,8-9,12H,3,6-7H2,1H3,(H2,17,18,19). The Kier molecular flexibility index (Phi) is 3.49. The van der Waals surface area contributed by atoms with Crippen LogP contribution in [0.4, 0.5) is 11.8 Å². The number of nitrogens with two attached hydrogens (primary N) is 1. The van der Waals surface area contributed by atoms with Crippen molar-refractivity contribution < 1.29 is 0 Å². The molecule has 1 saturated heterocycles. The zero-order valence-corrected chi connectivity index (χ0v) is 12.1. The van der Waals surface area contributed by atoms with Crippen LogP contribution in [0.5, 0.6) is 0 Å². The molecule has 5 heteroatoms. The van der Waals surface area contributed by atoms with Gasteiger partial charge in [0.1, 0.15) is 11.0 Å². The van der Waals surface area contributed by atoms with Gasteiger partial charge >= 0.3 is 0 Å². The van der Waals surface area contributed by atoms with E-state index in [1.807, 2.05) is 0 Å². The fourth-order valence-corrected chi connectivity index (χ4v) is 3.02. The van der Waals surface area contributed by atoms with Crippen LogP contribution in [0.3, 0.4) is 0 Å². The Balaban J connectivity index is 1.96. The van der Waals surface area contributed by atoms with Crippen LogP contribution in [0.2, 0.25) is 5.15 Å². The van der Waals surface area contributed by atoms with E-state index in [-0.39, 0.29) is 5.95 Å². The maximum absolute atomic E-state index is 5.99. The first kappa shape index (κ1) is 13.2. The first-order valence-electron chi connectivity index (χ1n) is 6.77. The van der Waals surface area contributed by atoms with E-state index in [0.717, 1.165) is 25.2 Å². The normalized spacial score (nSPS) is 18.5. The van der Waals surface area contributed by atoms with Gasteiger partial charge in [0.25, 0.3) is 0 Å². The molecule has 0 amide bonds. The molecule has 2 aromatic rings. The van der Waals surface area contributed by atoms with E-state index in [2.05, 4.69) is 46.1 Å². The largest absolute Gasteiger partial charge is 0.368 e. The number of nitrogen functional groups attached to an aromatic ring is 1. The fourth-order valence-electron chi connectivity index (χ4n) is 2.83. The molecule has 0 bridgehead atoms. The Bertz CT molecular complexity index is 609. The van der Waals surface area contributed by atoms with Crippen molar-refractivity contribution in [2.75, 3.05) is 17.2 Å². The third-order valence-corrected chi connectivity index (χ3v) is 3.87. The number of aryl methyl sites for hydroxylation is 1. The van der Waals surface area contributed by atoms with Crippen LogP contribution in [-0.2, 0) is 0 Å². The van der Waals surface area contributed by atoms with Gasteiger partial charge in [0.2, 0.25) is 5.95 Å². The molecule has 104 valence electrons. The average Bonchev–Trinajstić information content (AvgIpc) is 2.86. The van der Waals surface area contributed by atoms with E-state index in [0.29, 0.717) is 11.2 Å². The molecule has 1 unspecified atom stereocenters. The van der Waals surface area contributed by atoms with E-state index in [1.54, 1.807) is 6.07 Å². The summed E-state index contributed by atoms with van der Waals surface area (Å²) in [5.41, 5.74) is 8.29. The predicted molar refractivity (Wildman–Crippen MR) is 82.0 cm³/mol. The summed E-state index contributed by atoms with van der Waals surface area (Å²) in [6, 6.07) is 10.7. The minimum atomic E-state index is 0.224. The van der Waals surface area contributed by atoms with Crippen LogP contribution >= 0.6 is 11.6 Å². The quantitative estimate of drug-likeness (QED) is 0.861. The number of halogens is 1. The van der Waals surface area contributed by atoms with Crippen molar-refractivity contribution >= 4 is 23.4 Å². The second-order valence-electron chi connectivity index (χ2n) is 5.17. The fraction of sp³-hybridized carbons (Fsp3) is 0.333. The number of aromatic nitrogens is 2. The van der Waals surface area contributed by atoms with E-state index in [4.69, 9.17) is 17.3 Å². The second kappa shape index (κ2) is 5.29. The van der Waals surface area contributed by atoms with Gasteiger partial charge in [-0.25, -0.2) is 4.98 Å². The van der Waals surface area contributed by atoms with Crippen LogP contribution < -0.4 is 10.6 Å². The molecule has 3 rings (SSSR count). The summed E-state index contributed by atoms with van der Waals surface area (Å²) >= 11 is 5.99. The van der Waals surface area contributed by atoms with Crippen molar-refractivity contribution in [1.82, 2.24) is 9.97 Å². The van der Waals surface area contributed by atoms with Crippen LogP contribution in [0.25, 0.3) is 0 Å². The monoisotopic (exact) mass is 288 g/mol. The van der Waals surface area contributed by atoms with Crippen LogP contribution in [0, 0.1) is 6.92 Å². The number of nitrogens with zero attached hydrogens (tertiary/aromatic N) is 3. The molecule has 1 fully saturated rings. The number of benzene rings is 1. The summed E-state index contributed by atoms with van der Waals surface area (Å²) in [6.45, 7) is 3.08. The van der Waals surface area contributed by atoms with Crippen LogP contribution in [0.1, 0.15) is 30.0 Å². The molecule has 4 nitrogen and oxygen atoms in total. The lowest BCUT2D eigenvalue weighted by atomic mass is 10.0. The third-order valence-electron chi connectivity index (χ3n) is 3.67. The van der Waals surface area contributed by atoms with E-state index < -0.39 is 0 Å². The summed E-state index contributed by atoms with van der Waals surface area (Å²) < 4.78 is 0. The van der Waals surface area contributed by atoms with Gasteiger partial charge in [0.15, 0.2) is 0 Å². The number of rotatable bonds is 2. The number of hydrogen-bond acceptors (Lipinski definition) is 4. The van der Waals surface area contributed by atoms with Gasteiger partial charge in [0, 0.05) is 12.6 Å². The highest BCUT2D eigenvalue weighted by atomic mass is 35.5. The molecule has 1 aromatic carbocycles. The van der Waals surface area contributed by atoms with E-state index in [9.17, 15) is 0 Å². The zero-order valence-electron chi connectivity index (χ0n) is 11.4. The number of hydrogen-bond donors (Lipinski definition) is 1. The predicted octanol–water partition coefficient (Wildman–Crippen LogP) is 3.36. The highest BCUT2D eigenvalue weighted by Crippen LogP contribution is 2.36. The molecule has 0 spiro atoms. The molecular weight excluding hydrogens is 272 g/mol. The molecule has 1 atom stereocenters. The molecule has 0 saturated carbocycles. The minimum Gasteiger partial charge on any atom is -0.368 e. The van der Waals surface area contributed by atoms with Crippen molar-refractivity contribution in [3.05, 3.63) is 46.6 Å². The molecule has 2 heterocycles. The maximum Gasteiger partial charge on any atom is 0.223 e. The average molecular weight is 289 g/mol. The molecular formula is C15H17ClN4. The van der Waals surface area contributed by atoms with Gasteiger partial charge in [-0.2, -0.15) is 4.98 Å². The minimum absolute atomic E-state index is 0.224. The molecule has 20 heavy (non-hydrogen) atoms. The third kappa shape index (κ3) is 2.56. The van der Waals surface area contributed by atoms with Gasteiger partial charge in [-0.1, -0.05) is 41.4 Å². The summed E-state index contributed by atoms with van der Waals surface area (Å²) in [5.74, 6) is 1.04. The summed E-state index contributed by atoms with van der Waals surface area (Å²) in [4.78, 5) is 10.5. The Morgan fingerprint density at radius 1 is 1.30 bits per heavy atom. The Morgan fingerprint density at radius 2 is 2.15 bits per heavy atom. The Morgan fingerprint density at radius 3 is 2.90 bits per heavy atom. The first-order chi connectivity index (χ1) is 9.63. The summed E-state index contributed by atoms with van der Waals surface area (Å²) in [5, 5.41) is 0.391. The molecule has 1 aliphatic heterocycles. The van der Waals surface area contributed by atoms with Gasteiger partial charge in [-0.3, -0.25) is 0 Å². The lowest BCUT2D eigenvalue weighted by Gasteiger charge is -2.26. The molecule has 1 aromatic heterocycles. The molecule has 1 aliphatic rings. The van der Waals surface area contributed by atoms with Gasteiger partial charge in [-0.15, -0.1) is 0 Å². The Labute approximate surface area is 123 Å². The van der Waals surface area contributed by atoms with Crippen molar-refractivity contribution in [2.24, 2.45) is 0 Å². The summed E-state index contributed by atoms with van der Waals surface area (Å²) in [7, 11) is 0. The van der Waals surface area contributed by atoms with E-state index >= 15 is 0 Å². The zero-order chi connectivity index (χ0) is 14.1. The maximum atomic E-state index is 5.99. The SMILES string of the molecule is Cc1cccc(C2CCCN2c2cc(Cl)nc(N)n2)c1. The van der Waals surface area contributed by atoms with Gasteiger partial charge in [0.05, 0.1) is 6.04 Å². The smallest absolute Gasteiger partial charge is 0.223 e. The van der Waals surface area contributed by atoms with Gasteiger partial charge in [-0.05, 0) is 25.3 Å². The van der Waals surface area contributed by atoms with E-state index in [1.165, 1.54) is 11.1 Å². The van der Waals surface area contributed by atoms with Crippen molar-refractivity contribution in [3.8, 4) is 0 Å². The Hall–Kier alpha value is -1.81. The molecule has 2 N–H and O–H groups in total. The molecule has 0 radical (unpaired) electrons. The number of anilines is 2. The summed E-state index contributed by atoms with van der Waals surface area (Å²) in [6.07, 6.45) is 2.26. The van der Waals surface area contributed by atoms with Crippen molar-refractivity contribution in [3.63, 3.8) is 0 Å². The lowest BCUT2D eigenvalue weighted by Crippen LogP contribution is -2.24. The van der Waals surface area contributed by atoms with Crippen LogP contribution in [0.15, 0.2) is 30.3 Å². The van der Waals surface area contributed by atoms with Crippen molar-refractivity contribution in [2.45, 2.75) is 25.8 Å². The highest BCUT2D eigenvalue weighted by Gasteiger charge is 2.27.